The summed E-state index contributed by atoms with van der Waals surface area (Å²) < 4.78 is 11.6. The molecule has 2 atom stereocenters. The van der Waals surface area contributed by atoms with Crippen molar-refractivity contribution in [1.29, 1.82) is 0 Å². The van der Waals surface area contributed by atoms with Gasteiger partial charge in [-0.05, 0) is 44.5 Å². The van der Waals surface area contributed by atoms with E-state index in [1.165, 1.54) is 36.9 Å². The molecule has 2 aliphatic heterocycles. The van der Waals surface area contributed by atoms with Gasteiger partial charge in [-0.3, -0.25) is 4.90 Å². The lowest BCUT2D eigenvalue weighted by Gasteiger charge is -2.43. The van der Waals surface area contributed by atoms with Gasteiger partial charge in [-0.25, -0.2) is 0 Å². The normalized spacial score (nSPS) is 24.3. The molecule has 2 heterocycles. The van der Waals surface area contributed by atoms with E-state index in [1.807, 2.05) is 0 Å². The molecule has 118 valence electrons. The van der Waals surface area contributed by atoms with Crippen LogP contribution in [-0.4, -0.2) is 38.3 Å². The molecule has 3 nitrogen and oxygen atoms in total. The van der Waals surface area contributed by atoms with Crippen LogP contribution in [0.4, 0.5) is 0 Å². The molecular weight excluding hydrogens is 286 g/mol. The summed E-state index contributed by atoms with van der Waals surface area (Å²) in [6.07, 6.45) is 4.85. The highest BCUT2D eigenvalue weighted by Crippen LogP contribution is 2.47. The highest BCUT2D eigenvalue weighted by molar-refractivity contribution is 5.85. The lowest BCUT2D eigenvalue weighted by molar-refractivity contribution is 0.0842. The van der Waals surface area contributed by atoms with Gasteiger partial charge >= 0.3 is 0 Å². The molecule has 0 N–H and O–H groups in total. The van der Waals surface area contributed by atoms with Crippen molar-refractivity contribution in [2.45, 2.75) is 44.6 Å². The van der Waals surface area contributed by atoms with Crippen LogP contribution in [0.2, 0.25) is 0 Å². The first-order chi connectivity index (χ1) is 9.76. The summed E-state index contributed by atoms with van der Waals surface area (Å²) in [7, 11) is 3.96. The van der Waals surface area contributed by atoms with Gasteiger partial charge < -0.3 is 9.47 Å². The van der Waals surface area contributed by atoms with Gasteiger partial charge in [-0.2, -0.15) is 0 Å². The fourth-order valence-electron chi connectivity index (χ4n) is 3.80. The third kappa shape index (κ3) is 2.86. The van der Waals surface area contributed by atoms with E-state index in [0.29, 0.717) is 12.0 Å². The Morgan fingerprint density at radius 1 is 1.38 bits per heavy atom. The monoisotopic (exact) mass is 311 g/mol. The lowest BCUT2D eigenvalue weighted by atomic mass is 9.79. The van der Waals surface area contributed by atoms with Crippen LogP contribution in [0.3, 0.4) is 0 Å². The number of hydrogen-bond donors (Lipinski definition) is 0. The number of fused-ring (bicyclic) bond motifs is 3. The number of hydrogen-bond acceptors (Lipinski definition) is 3. The minimum absolute atomic E-state index is 0. The zero-order chi connectivity index (χ0) is 14.1. The van der Waals surface area contributed by atoms with Gasteiger partial charge in [-0.15, -0.1) is 12.4 Å². The van der Waals surface area contributed by atoms with Gasteiger partial charge in [0.2, 0.25) is 0 Å². The standard InChI is InChI=1S/C17H25NO2.ClH/c1-4-6-12-8-9-15(19-3)17-16(12)13-7-5-10-18(2)14(13)11-20-17;/h8-9,13-14H,4-7,10-11H2,1-3H3;1H/t13-,14+;/m0./s1. The maximum atomic E-state index is 6.11. The average Bonchev–Trinajstić information content (AvgIpc) is 2.47. The molecular formula is C17H26ClNO2. The number of nitrogens with zero attached hydrogens (tertiary/aromatic N) is 1. The minimum Gasteiger partial charge on any atom is -0.493 e. The molecule has 2 aliphatic rings. The van der Waals surface area contributed by atoms with Gasteiger partial charge in [0.15, 0.2) is 11.5 Å². The first kappa shape index (κ1) is 16.4. The Labute approximate surface area is 134 Å². The SMILES string of the molecule is CCCc1ccc(OC)c2c1[C@H]1CCCN(C)[C@@H]1CO2.Cl. The van der Waals surface area contributed by atoms with Crippen LogP contribution < -0.4 is 9.47 Å². The van der Waals surface area contributed by atoms with Crippen LogP contribution in [0.1, 0.15) is 43.2 Å². The number of rotatable bonds is 3. The fourth-order valence-corrected chi connectivity index (χ4v) is 3.80. The predicted octanol–water partition coefficient (Wildman–Crippen LogP) is 3.64. The van der Waals surface area contributed by atoms with Gasteiger partial charge in [0.05, 0.1) is 13.2 Å². The first-order valence-electron chi connectivity index (χ1n) is 7.79. The van der Waals surface area contributed by atoms with Crippen molar-refractivity contribution >= 4 is 12.4 Å². The van der Waals surface area contributed by atoms with Crippen LogP contribution in [0.15, 0.2) is 12.1 Å². The molecule has 4 heteroatoms. The predicted molar refractivity (Wildman–Crippen MR) is 88.1 cm³/mol. The van der Waals surface area contributed by atoms with E-state index >= 15 is 0 Å². The molecule has 3 rings (SSSR count). The van der Waals surface area contributed by atoms with Gasteiger partial charge in [0.25, 0.3) is 0 Å². The Hall–Kier alpha value is -0.930. The zero-order valence-electron chi connectivity index (χ0n) is 13.2. The maximum absolute atomic E-state index is 6.11. The molecule has 0 aliphatic carbocycles. The second-order valence-electron chi connectivity index (χ2n) is 6.03. The number of aryl methyl sites for hydroxylation is 1. The van der Waals surface area contributed by atoms with E-state index in [4.69, 9.17) is 9.47 Å². The smallest absolute Gasteiger partial charge is 0.165 e. The summed E-state index contributed by atoms with van der Waals surface area (Å²) in [5.74, 6) is 2.51. The molecule has 0 bridgehead atoms. The number of likely N-dealkylation sites (N-methyl/N-ethyl adjacent to an activating group) is 1. The van der Waals surface area contributed by atoms with Gasteiger partial charge in [0.1, 0.15) is 6.61 Å². The zero-order valence-corrected chi connectivity index (χ0v) is 14.0. The molecule has 0 amide bonds. The summed E-state index contributed by atoms with van der Waals surface area (Å²) >= 11 is 0. The Kier molecular flexibility index (Phi) is 5.39. The largest absolute Gasteiger partial charge is 0.493 e. The number of likely N-dealkylation sites (tertiary alicyclic amines) is 1. The summed E-state index contributed by atoms with van der Waals surface area (Å²) in [5, 5.41) is 0. The van der Waals surface area contributed by atoms with E-state index in [2.05, 4.69) is 31.0 Å². The number of halogens is 1. The molecule has 0 radical (unpaired) electrons. The lowest BCUT2D eigenvalue weighted by Crippen LogP contribution is -2.47. The highest BCUT2D eigenvalue weighted by atomic mass is 35.5. The first-order valence-corrected chi connectivity index (χ1v) is 7.79. The fraction of sp³-hybridized carbons (Fsp3) is 0.647. The minimum atomic E-state index is 0. The summed E-state index contributed by atoms with van der Waals surface area (Å²) in [4.78, 5) is 2.46. The van der Waals surface area contributed by atoms with Crippen LogP contribution in [-0.2, 0) is 6.42 Å². The van der Waals surface area contributed by atoms with Crippen molar-refractivity contribution in [1.82, 2.24) is 4.90 Å². The van der Waals surface area contributed by atoms with Crippen LogP contribution in [0.5, 0.6) is 11.5 Å². The Morgan fingerprint density at radius 2 is 2.19 bits per heavy atom. The molecule has 0 spiro atoms. The second-order valence-corrected chi connectivity index (χ2v) is 6.03. The topological polar surface area (TPSA) is 21.7 Å². The number of benzene rings is 1. The molecule has 1 fully saturated rings. The van der Waals surface area contributed by atoms with Gasteiger partial charge in [0, 0.05) is 11.5 Å². The molecule has 0 aromatic heterocycles. The average molecular weight is 312 g/mol. The van der Waals surface area contributed by atoms with E-state index in [9.17, 15) is 0 Å². The summed E-state index contributed by atoms with van der Waals surface area (Å²) in [5.41, 5.74) is 2.88. The highest BCUT2D eigenvalue weighted by Gasteiger charge is 2.38. The van der Waals surface area contributed by atoms with Crippen molar-refractivity contribution in [2.24, 2.45) is 0 Å². The molecule has 21 heavy (non-hydrogen) atoms. The Bertz CT molecular complexity index is 492. The third-order valence-electron chi connectivity index (χ3n) is 4.82. The number of piperidine rings is 1. The molecule has 1 saturated heterocycles. The second kappa shape index (κ2) is 6.89. The van der Waals surface area contributed by atoms with Crippen molar-refractivity contribution in [3.05, 3.63) is 23.3 Å². The Balaban J connectivity index is 0.00000161. The summed E-state index contributed by atoms with van der Waals surface area (Å²) in [6, 6.07) is 4.83. The van der Waals surface area contributed by atoms with Crippen LogP contribution >= 0.6 is 12.4 Å². The molecule has 1 aromatic carbocycles. The van der Waals surface area contributed by atoms with Crippen LogP contribution in [0.25, 0.3) is 0 Å². The Morgan fingerprint density at radius 3 is 2.90 bits per heavy atom. The quantitative estimate of drug-likeness (QED) is 0.850. The van der Waals surface area contributed by atoms with E-state index in [1.54, 1.807) is 7.11 Å². The summed E-state index contributed by atoms with van der Waals surface area (Å²) in [6.45, 7) is 4.22. The van der Waals surface area contributed by atoms with Crippen molar-refractivity contribution < 1.29 is 9.47 Å². The molecule has 1 aromatic rings. The van der Waals surface area contributed by atoms with E-state index in [0.717, 1.165) is 24.5 Å². The van der Waals surface area contributed by atoms with E-state index in [-0.39, 0.29) is 12.4 Å². The van der Waals surface area contributed by atoms with E-state index < -0.39 is 0 Å². The van der Waals surface area contributed by atoms with Crippen molar-refractivity contribution in [2.75, 3.05) is 27.3 Å². The maximum Gasteiger partial charge on any atom is 0.165 e. The van der Waals surface area contributed by atoms with Gasteiger partial charge in [-0.1, -0.05) is 19.4 Å². The van der Waals surface area contributed by atoms with Crippen molar-refractivity contribution in [3.63, 3.8) is 0 Å². The number of methoxy groups -OCH3 is 1. The molecule has 0 saturated carbocycles. The number of ether oxygens (including phenoxy) is 2. The molecule has 0 unspecified atom stereocenters. The van der Waals surface area contributed by atoms with Crippen molar-refractivity contribution in [3.8, 4) is 11.5 Å². The third-order valence-corrected chi connectivity index (χ3v) is 4.82. The van der Waals surface area contributed by atoms with Crippen LogP contribution in [0, 0.1) is 0 Å².